The van der Waals surface area contributed by atoms with Crippen molar-refractivity contribution in [3.63, 3.8) is 0 Å². The van der Waals surface area contributed by atoms with Gasteiger partial charge in [-0.1, -0.05) is 60.7 Å². The van der Waals surface area contributed by atoms with Crippen molar-refractivity contribution in [2.75, 3.05) is 13.1 Å². The van der Waals surface area contributed by atoms with Gasteiger partial charge in [0.25, 0.3) is 0 Å². The van der Waals surface area contributed by atoms with Gasteiger partial charge in [-0.05, 0) is 37.1 Å². The number of nitrogens with one attached hydrogen (secondary N) is 1. The van der Waals surface area contributed by atoms with Crippen molar-refractivity contribution < 1.29 is 4.79 Å². The lowest BCUT2D eigenvalue weighted by molar-refractivity contribution is -0.127. The topological polar surface area (TPSA) is 58.1 Å². The van der Waals surface area contributed by atoms with E-state index in [1.54, 1.807) is 18.6 Å². The molecule has 1 N–H and O–H groups in total. The van der Waals surface area contributed by atoms with Crippen LogP contribution in [0.25, 0.3) is 0 Å². The average molecular weight is 386 g/mol. The van der Waals surface area contributed by atoms with E-state index in [1.165, 1.54) is 5.56 Å². The molecule has 5 nitrogen and oxygen atoms in total. The second kappa shape index (κ2) is 9.43. The quantitative estimate of drug-likeness (QED) is 0.703. The minimum Gasteiger partial charge on any atom is -0.343 e. The van der Waals surface area contributed by atoms with Crippen LogP contribution < -0.4 is 5.32 Å². The Morgan fingerprint density at radius 3 is 2.34 bits per heavy atom. The van der Waals surface area contributed by atoms with Crippen LogP contribution in [0.5, 0.6) is 0 Å². The predicted octanol–water partition coefficient (Wildman–Crippen LogP) is 3.59. The van der Waals surface area contributed by atoms with E-state index in [0.29, 0.717) is 0 Å². The van der Waals surface area contributed by atoms with Crippen LogP contribution in [0.2, 0.25) is 0 Å². The van der Waals surface area contributed by atoms with Crippen molar-refractivity contribution in [1.82, 2.24) is 20.2 Å². The molecular weight excluding hydrogens is 360 g/mol. The molecule has 1 atom stereocenters. The summed E-state index contributed by atoms with van der Waals surface area (Å²) in [6.45, 7) is 2.82. The standard InChI is InChI=1S/C24H26N4O/c29-24(21-11-15-28(16-12-21)18-19-7-3-1-4-8-19)27-23(20-9-5-2-6-10-20)22-17-25-13-14-26-22/h1-10,13-14,17,21,23H,11-12,15-16,18H2,(H,27,29). The van der Waals surface area contributed by atoms with Gasteiger partial charge in [0.05, 0.1) is 17.9 Å². The maximum absolute atomic E-state index is 13.0. The number of carbonyl (C=O) groups is 1. The zero-order chi connectivity index (χ0) is 19.9. The average Bonchev–Trinajstić information content (AvgIpc) is 2.80. The molecule has 0 aliphatic carbocycles. The van der Waals surface area contributed by atoms with Crippen molar-refractivity contribution >= 4 is 5.91 Å². The zero-order valence-corrected chi connectivity index (χ0v) is 16.4. The van der Waals surface area contributed by atoms with Crippen LogP contribution >= 0.6 is 0 Å². The summed E-state index contributed by atoms with van der Waals surface area (Å²) in [7, 11) is 0. The molecule has 3 aromatic rings. The van der Waals surface area contributed by atoms with Crippen molar-refractivity contribution in [1.29, 1.82) is 0 Å². The first-order chi connectivity index (χ1) is 14.3. The third-order valence-electron chi connectivity index (χ3n) is 5.51. The van der Waals surface area contributed by atoms with Gasteiger partial charge in [-0.2, -0.15) is 0 Å². The van der Waals surface area contributed by atoms with E-state index in [2.05, 4.69) is 44.5 Å². The Morgan fingerprint density at radius 2 is 1.69 bits per heavy atom. The SMILES string of the molecule is O=C(NC(c1ccccc1)c1cnccn1)C1CCN(Cc2ccccc2)CC1. The van der Waals surface area contributed by atoms with E-state index in [9.17, 15) is 4.79 Å². The van der Waals surface area contributed by atoms with E-state index < -0.39 is 0 Å². The summed E-state index contributed by atoms with van der Waals surface area (Å²) < 4.78 is 0. The molecular formula is C24H26N4O. The van der Waals surface area contributed by atoms with E-state index in [4.69, 9.17) is 0 Å². The van der Waals surface area contributed by atoms with Gasteiger partial charge in [-0.15, -0.1) is 0 Å². The maximum atomic E-state index is 13.0. The Balaban J connectivity index is 1.39. The van der Waals surface area contributed by atoms with E-state index in [1.807, 2.05) is 36.4 Å². The lowest BCUT2D eigenvalue weighted by Gasteiger charge is -2.32. The number of nitrogens with zero attached hydrogens (tertiary/aromatic N) is 3. The molecule has 1 aliphatic rings. The van der Waals surface area contributed by atoms with Gasteiger partial charge in [0.1, 0.15) is 0 Å². The molecule has 148 valence electrons. The highest BCUT2D eigenvalue weighted by molar-refractivity contribution is 5.79. The smallest absolute Gasteiger partial charge is 0.224 e. The van der Waals surface area contributed by atoms with Gasteiger partial charge in [0.2, 0.25) is 5.91 Å². The first-order valence-electron chi connectivity index (χ1n) is 10.2. The molecule has 0 saturated carbocycles. The fraction of sp³-hybridized carbons (Fsp3) is 0.292. The van der Waals surface area contributed by atoms with E-state index in [0.717, 1.165) is 43.7 Å². The highest BCUT2D eigenvalue weighted by Crippen LogP contribution is 2.23. The van der Waals surface area contributed by atoms with E-state index >= 15 is 0 Å². The summed E-state index contributed by atoms with van der Waals surface area (Å²) in [5, 5.41) is 3.22. The summed E-state index contributed by atoms with van der Waals surface area (Å²) in [6, 6.07) is 20.2. The van der Waals surface area contributed by atoms with Crippen LogP contribution in [0.1, 0.15) is 35.7 Å². The molecule has 0 bridgehead atoms. The summed E-state index contributed by atoms with van der Waals surface area (Å²) in [5.41, 5.74) is 3.10. The number of rotatable bonds is 6. The molecule has 0 radical (unpaired) electrons. The summed E-state index contributed by atoms with van der Waals surface area (Å²) in [4.78, 5) is 24.1. The normalized spacial score (nSPS) is 16.3. The number of hydrogen-bond acceptors (Lipinski definition) is 4. The number of likely N-dealkylation sites (tertiary alicyclic amines) is 1. The Bertz CT molecular complexity index is 854. The molecule has 2 heterocycles. The second-order valence-corrected chi connectivity index (χ2v) is 7.52. The van der Waals surface area contributed by atoms with Crippen molar-refractivity contribution in [3.05, 3.63) is 96.1 Å². The first-order valence-corrected chi connectivity index (χ1v) is 10.2. The zero-order valence-electron chi connectivity index (χ0n) is 16.4. The molecule has 1 fully saturated rings. The number of carbonyl (C=O) groups excluding carboxylic acids is 1. The Labute approximate surface area is 171 Å². The number of piperidine rings is 1. The second-order valence-electron chi connectivity index (χ2n) is 7.52. The Hall–Kier alpha value is -3.05. The molecule has 1 saturated heterocycles. The van der Waals surface area contributed by atoms with E-state index in [-0.39, 0.29) is 17.9 Å². The number of aromatic nitrogens is 2. The maximum Gasteiger partial charge on any atom is 0.224 e. The van der Waals surface area contributed by atoms with Crippen LogP contribution in [0, 0.1) is 5.92 Å². The molecule has 29 heavy (non-hydrogen) atoms. The molecule has 1 unspecified atom stereocenters. The van der Waals surface area contributed by atoms with Gasteiger partial charge < -0.3 is 5.32 Å². The highest BCUT2D eigenvalue weighted by atomic mass is 16.2. The molecule has 5 heteroatoms. The van der Waals surface area contributed by atoms with Gasteiger partial charge >= 0.3 is 0 Å². The van der Waals surface area contributed by atoms with Crippen LogP contribution in [0.3, 0.4) is 0 Å². The molecule has 1 amide bonds. The largest absolute Gasteiger partial charge is 0.343 e. The van der Waals surface area contributed by atoms with Gasteiger partial charge in [0, 0.05) is 24.9 Å². The summed E-state index contributed by atoms with van der Waals surface area (Å²) in [5.74, 6) is 0.133. The minimum atomic E-state index is -0.278. The van der Waals surface area contributed by atoms with Crippen LogP contribution in [-0.4, -0.2) is 33.9 Å². The fourth-order valence-electron chi connectivity index (χ4n) is 3.89. The lowest BCUT2D eigenvalue weighted by atomic mass is 9.94. The van der Waals surface area contributed by atoms with Crippen molar-refractivity contribution in [3.8, 4) is 0 Å². The molecule has 1 aromatic heterocycles. The van der Waals surface area contributed by atoms with Crippen molar-refractivity contribution in [2.24, 2.45) is 5.92 Å². The monoisotopic (exact) mass is 386 g/mol. The number of hydrogen-bond donors (Lipinski definition) is 1. The van der Waals surface area contributed by atoms with Gasteiger partial charge in [-0.3, -0.25) is 19.7 Å². The number of benzene rings is 2. The summed E-state index contributed by atoms with van der Waals surface area (Å²) in [6.07, 6.45) is 6.79. The fourth-order valence-corrected chi connectivity index (χ4v) is 3.89. The predicted molar refractivity (Wildman–Crippen MR) is 113 cm³/mol. The lowest BCUT2D eigenvalue weighted by Crippen LogP contribution is -2.41. The van der Waals surface area contributed by atoms with Crippen LogP contribution in [0.4, 0.5) is 0 Å². The summed E-state index contributed by atoms with van der Waals surface area (Å²) >= 11 is 0. The van der Waals surface area contributed by atoms with Crippen LogP contribution in [-0.2, 0) is 11.3 Å². The van der Waals surface area contributed by atoms with Crippen molar-refractivity contribution in [2.45, 2.75) is 25.4 Å². The molecule has 2 aromatic carbocycles. The third-order valence-corrected chi connectivity index (χ3v) is 5.51. The van der Waals surface area contributed by atoms with Gasteiger partial charge in [0.15, 0.2) is 0 Å². The highest BCUT2D eigenvalue weighted by Gasteiger charge is 2.27. The molecule has 0 spiro atoms. The number of amides is 1. The third kappa shape index (κ3) is 5.06. The molecule has 4 rings (SSSR count). The first kappa shape index (κ1) is 19.3. The Kier molecular flexibility index (Phi) is 6.27. The van der Waals surface area contributed by atoms with Gasteiger partial charge in [-0.25, -0.2) is 0 Å². The van der Waals surface area contributed by atoms with Crippen LogP contribution in [0.15, 0.2) is 79.3 Å². The Morgan fingerprint density at radius 1 is 1.00 bits per heavy atom. The minimum absolute atomic E-state index is 0.0323. The molecule has 1 aliphatic heterocycles.